The molecule has 0 bridgehead atoms. The standard InChI is InChI=1S/C23H32N2O3/c1-18(27-17-19-8-4-3-5-9-19)23(24-2)16-25-15-21-11-7-6-10-20(21)14-22(25)12-13-28-26/h3-11,18,22-24,26H,12-17H2,1-2H3/t18?,22-,23?/m0/s1. The van der Waals surface area contributed by atoms with Crippen LogP contribution in [0, 0.1) is 0 Å². The van der Waals surface area contributed by atoms with Gasteiger partial charge in [-0.2, -0.15) is 0 Å². The van der Waals surface area contributed by atoms with E-state index in [1.807, 2.05) is 25.2 Å². The Morgan fingerprint density at radius 1 is 1.11 bits per heavy atom. The zero-order valence-corrected chi connectivity index (χ0v) is 16.9. The third kappa shape index (κ3) is 5.63. The van der Waals surface area contributed by atoms with E-state index in [0.717, 1.165) is 25.9 Å². The minimum absolute atomic E-state index is 0.0807. The molecule has 0 saturated heterocycles. The normalized spacial score (nSPS) is 19.2. The van der Waals surface area contributed by atoms with Gasteiger partial charge in [0.1, 0.15) is 0 Å². The maximum Gasteiger partial charge on any atom is 0.0834 e. The van der Waals surface area contributed by atoms with Crippen molar-refractivity contribution in [3.63, 3.8) is 0 Å². The van der Waals surface area contributed by atoms with Gasteiger partial charge in [0.25, 0.3) is 0 Å². The van der Waals surface area contributed by atoms with Crippen molar-refractivity contribution in [3.05, 3.63) is 71.3 Å². The van der Waals surface area contributed by atoms with Gasteiger partial charge in [0, 0.05) is 25.2 Å². The first-order valence-corrected chi connectivity index (χ1v) is 10.1. The molecule has 0 aromatic heterocycles. The van der Waals surface area contributed by atoms with Crippen LogP contribution in [0.2, 0.25) is 0 Å². The van der Waals surface area contributed by atoms with E-state index in [9.17, 15) is 0 Å². The average Bonchev–Trinajstić information content (AvgIpc) is 2.74. The number of likely N-dealkylation sites (N-methyl/N-ethyl adjacent to an activating group) is 1. The SMILES string of the molecule is CNC(CN1Cc2ccccc2C[C@@H]1CCOO)C(C)OCc1ccccc1. The van der Waals surface area contributed by atoms with Gasteiger partial charge >= 0.3 is 0 Å². The number of hydrogen-bond donors (Lipinski definition) is 2. The molecular formula is C23H32N2O3. The molecule has 152 valence electrons. The van der Waals surface area contributed by atoms with Crippen LogP contribution in [0.25, 0.3) is 0 Å². The molecule has 1 heterocycles. The van der Waals surface area contributed by atoms with Crippen molar-refractivity contribution in [2.24, 2.45) is 0 Å². The van der Waals surface area contributed by atoms with Gasteiger partial charge in [-0.3, -0.25) is 10.2 Å². The number of rotatable bonds is 10. The summed E-state index contributed by atoms with van der Waals surface area (Å²) in [5, 5.41) is 12.3. The lowest BCUT2D eigenvalue weighted by Crippen LogP contribution is -2.51. The smallest absolute Gasteiger partial charge is 0.0834 e. The van der Waals surface area contributed by atoms with Crippen molar-refractivity contribution in [2.45, 2.75) is 51.1 Å². The summed E-state index contributed by atoms with van der Waals surface area (Å²) in [6.45, 7) is 4.90. The van der Waals surface area contributed by atoms with E-state index in [-0.39, 0.29) is 12.1 Å². The van der Waals surface area contributed by atoms with Crippen LogP contribution in [0.4, 0.5) is 0 Å². The van der Waals surface area contributed by atoms with Crippen molar-refractivity contribution in [2.75, 3.05) is 20.2 Å². The second-order valence-electron chi connectivity index (χ2n) is 7.57. The fraction of sp³-hybridized carbons (Fsp3) is 0.478. The molecule has 0 amide bonds. The van der Waals surface area contributed by atoms with Gasteiger partial charge < -0.3 is 10.1 Å². The Bertz CT molecular complexity index is 710. The van der Waals surface area contributed by atoms with Crippen LogP contribution in [0.15, 0.2) is 54.6 Å². The maximum absolute atomic E-state index is 8.82. The molecule has 2 unspecified atom stereocenters. The van der Waals surface area contributed by atoms with E-state index < -0.39 is 0 Å². The first-order chi connectivity index (χ1) is 13.7. The Labute approximate surface area is 168 Å². The minimum atomic E-state index is 0.0807. The monoisotopic (exact) mass is 384 g/mol. The van der Waals surface area contributed by atoms with Gasteiger partial charge in [0.2, 0.25) is 0 Å². The van der Waals surface area contributed by atoms with E-state index in [4.69, 9.17) is 9.99 Å². The summed E-state index contributed by atoms with van der Waals surface area (Å²) < 4.78 is 6.15. The van der Waals surface area contributed by atoms with E-state index in [1.54, 1.807) is 0 Å². The molecule has 2 aromatic rings. The van der Waals surface area contributed by atoms with Gasteiger partial charge in [0.05, 0.1) is 19.3 Å². The van der Waals surface area contributed by atoms with Crippen LogP contribution >= 0.6 is 0 Å². The number of ether oxygens (including phenoxy) is 1. The van der Waals surface area contributed by atoms with E-state index in [2.05, 4.69) is 58.4 Å². The molecule has 2 aromatic carbocycles. The largest absolute Gasteiger partial charge is 0.372 e. The number of fused-ring (bicyclic) bond motifs is 1. The second-order valence-corrected chi connectivity index (χ2v) is 7.57. The maximum atomic E-state index is 8.82. The molecule has 5 heteroatoms. The molecule has 1 aliphatic rings. The fourth-order valence-electron chi connectivity index (χ4n) is 3.97. The Kier molecular flexibility index (Phi) is 8.01. The minimum Gasteiger partial charge on any atom is -0.372 e. The van der Waals surface area contributed by atoms with Crippen molar-refractivity contribution in [3.8, 4) is 0 Å². The van der Waals surface area contributed by atoms with Gasteiger partial charge in [0.15, 0.2) is 0 Å². The Morgan fingerprint density at radius 2 is 1.82 bits per heavy atom. The highest BCUT2D eigenvalue weighted by atomic mass is 17.1. The topological polar surface area (TPSA) is 54.0 Å². The zero-order valence-electron chi connectivity index (χ0n) is 16.9. The number of hydrogen-bond acceptors (Lipinski definition) is 5. The van der Waals surface area contributed by atoms with Crippen molar-refractivity contribution < 1.29 is 14.9 Å². The number of nitrogens with zero attached hydrogens (tertiary/aromatic N) is 1. The quantitative estimate of drug-likeness (QED) is 0.485. The van der Waals surface area contributed by atoms with E-state index in [0.29, 0.717) is 19.3 Å². The molecule has 0 aliphatic carbocycles. The Hall–Kier alpha value is -1.76. The van der Waals surface area contributed by atoms with Crippen LogP contribution in [-0.4, -0.2) is 48.5 Å². The van der Waals surface area contributed by atoms with Crippen LogP contribution in [0.5, 0.6) is 0 Å². The predicted molar refractivity (Wildman–Crippen MR) is 111 cm³/mol. The number of benzene rings is 2. The molecule has 0 saturated carbocycles. The first kappa shape index (κ1) is 21.0. The van der Waals surface area contributed by atoms with Gasteiger partial charge in [-0.25, -0.2) is 4.89 Å². The lowest BCUT2D eigenvalue weighted by atomic mass is 9.91. The lowest BCUT2D eigenvalue weighted by Gasteiger charge is -2.40. The van der Waals surface area contributed by atoms with Crippen LogP contribution in [-0.2, 0) is 29.2 Å². The molecule has 2 N–H and O–H groups in total. The second kappa shape index (κ2) is 10.7. The molecule has 0 fully saturated rings. The summed E-state index contributed by atoms with van der Waals surface area (Å²) in [4.78, 5) is 6.87. The van der Waals surface area contributed by atoms with Crippen molar-refractivity contribution >= 4 is 0 Å². The lowest BCUT2D eigenvalue weighted by molar-refractivity contribution is -0.244. The molecule has 3 atom stereocenters. The Balaban J connectivity index is 1.63. The van der Waals surface area contributed by atoms with Gasteiger partial charge in [-0.1, -0.05) is 54.6 Å². The highest BCUT2D eigenvalue weighted by Crippen LogP contribution is 2.25. The zero-order chi connectivity index (χ0) is 19.8. The van der Waals surface area contributed by atoms with Gasteiger partial charge in [-0.15, -0.1) is 0 Å². The highest BCUT2D eigenvalue weighted by molar-refractivity contribution is 5.30. The van der Waals surface area contributed by atoms with E-state index >= 15 is 0 Å². The summed E-state index contributed by atoms with van der Waals surface area (Å²) >= 11 is 0. The molecule has 28 heavy (non-hydrogen) atoms. The third-order valence-corrected chi connectivity index (χ3v) is 5.73. The summed E-state index contributed by atoms with van der Waals surface area (Å²) in [6, 6.07) is 19.5. The Morgan fingerprint density at radius 3 is 2.54 bits per heavy atom. The molecule has 0 radical (unpaired) electrons. The summed E-state index contributed by atoms with van der Waals surface area (Å²) in [5.74, 6) is 0. The van der Waals surface area contributed by atoms with Crippen LogP contribution < -0.4 is 5.32 Å². The van der Waals surface area contributed by atoms with Gasteiger partial charge in [-0.05, 0) is 43.5 Å². The molecule has 3 rings (SSSR count). The average molecular weight is 385 g/mol. The molecule has 1 aliphatic heterocycles. The molecule has 0 spiro atoms. The summed E-state index contributed by atoms with van der Waals surface area (Å²) in [5.41, 5.74) is 3.97. The van der Waals surface area contributed by atoms with Crippen molar-refractivity contribution in [1.29, 1.82) is 0 Å². The third-order valence-electron chi connectivity index (χ3n) is 5.73. The predicted octanol–water partition coefficient (Wildman–Crippen LogP) is 3.49. The highest BCUT2D eigenvalue weighted by Gasteiger charge is 2.29. The molecular weight excluding hydrogens is 352 g/mol. The van der Waals surface area contributed by atoms with Crippen molar-refractivity contribution in [1.82, 2.24) is 10.2 Å². The summed E-state index contributed by atoms with van der Waals surface area (Å²) in [6.07, 6.45) is 1.87. The van der Waals surface area contributed by atoms with Crippen LogP contribution in [0.3, 0.4) is 0 Å². The fourth-order valence-corrected chi connectivity index (χ4v) is 3.97. The number of nitrogens with one attached hydrogen (secondary N) is 1. The van der Waals surface area contributed by atoms with Crippen LogP contribution in [0.1, 0.15) is 30.0 Å². The van der Waals surface area contributed by atoms with E-state index in [1.165, 1.54) is 16.7 Å². The molecule has 5 nitrogen and oxygen atoms in total. The summed E-state index contributed by atoms with van der Waals surface area (Å²) in [7, 11) is 2.00. The first-order valence-electron chi connectivity index (χ1n) is 10.1.